The fourth-order valence-electron chi connectivity index (χ4n) is 2.13. The van der Waals surface area contributed by atoms with E-state index in [1.54, 1.807) is 12.1 Å². The van der Waals surface area contributed by atoms with Gasteiger partial charge in [0, 0.05) is 32.4 Å². The Morgan fingerprint density at radius 2 is 1.62 bits per heavy atom. The van der Waals surface area contributed by atoms with Crippen molar-refractivity contribution in [3.05, 3.63) is 30.3 Å². The van der Waals surface area contributed by atoms with Crippen LogP contribution in [0.1, 0.15) is 27.2 Å². The highest BCUT2D eigenvalue weighted by atomic mass is 28.4. The van der Waals surface area contributed by atoms with Crippen LogP contribution in [0.5, 0.6) is 0 Å². The van der Waals surface area contributed by atoms with Crippen LogP contribution in [0.15, 0.2) is 40.6 Å². The van der Waals surface area contributed by atoms with Crippen LogP contribution in [-0.4, -0.2) is 41.2 Å². The third kappa shape index (κ3) is 7.78. The van der Waals surface area contributed by atoms with Crippen molar-refractivity contribution in [3.63, 3.8) is 0 Å². The Morgan fingerprint density at radius 3 is 2.17 bits per heavy atom. The van der Waals surface area contributed by atoms with Crippen LogP contribution < -0.4 is 5.32 Å². The number of hydrogen-bond donors (Lipinski definition) is 1. The van der Waals surface area contributed by atoms with Gasteiger partial charge in [-0.2, -0.15) is 0 Å². The van der Waals surface area contributed by atoms with Crippen LogP contribution in [-0.2, 0) is 13.3 Å². The Hall–Kier alpha value is -1.61. The first-order valence-corrected chi connectivity index (χ1v) is 10.3. The van der Waals surface area contributed by atoms with Gasteiger partial charge in [-0.25, -0.2) is 4.79 Å². The van der Waals surface area contributed by atoms with Crippen LogP contribution in [0.4, 0.5) is 10.5 Å². The number of carbonyl (C=O) groups is 1. The molecule has 0 radical (unpaired) electrons. The Labute approximate surface area is 144 Å². The van der Waals surface area contributed by atoms with E-state index in [1.807, 2.05) is 39.0 Å². The summed E-state index contributed by atoms with van der Waals surface area (Å²) in [5.41, 5.74) is 0.642. The molecule has 7 nitrogen and oxygen atoms in total. The van der Waals surface area contributed by atoms with Gasteiger partial charge < -0.3 is 18.6 Å². The summed E-state index contributed by atoms with van der Waals surface area (Å²) >= 11 is 0. The van der Waals surface area contributed by atoms with Crippen LogP contribution in [0, 0.1) is 0 Å². The highest BCUT2D eigenvalue weighted by Crippen LogP contribution is 2.17. The molecule has 134 valence electrons. The van der Waals surface area contributed by atoms with E-state index < -0.39 is 14.8 Å². The van der Waals surface area contributed by atoms with Gasteiger partial charge in [-0.15, -0.1) is 5.11 Å². The van der Waals surface area contributed by atoms with E-state index in [0.29, 0.717) is 44.5 Å². The maximum atomic E-state index is 11.7. The number of nitrogens with one attached hydrogen (secondary N) is 1. The Morgan fingerprint density at radius 1 is 1.04 bits per heavy atom. The molecule has 0 heterocycles. The minimum absolute atomic E-state index is 0.463. The lowest BCUT2D eigenvalue weighted by molar-refractivity contribution is 0.0708. The average molecular weight is 353 g/mol. The molecule has 1 N–H and O–H groups in total. The van der Waals surface area contributed by atoms with Crippen molar-refractivity contribution in [1.29, 1.82) is 0 Å². The van der Waals surface area contributed by atoms with Crippen molar-refractivity contribution in [2.45, 2.75) is 33.2 Å². The maximum Gasteiger partial charge on any atom is 0.500 e. The van der Waals surface area contributed by atoms with Crippen LogP contribution in [0.2, 0.25) is 6.04 Å². The largest absolute Gasteiger partial charge is 0.500 e. The van der Waals surface area contributed by atoms with Crippen molar-refractivity contribution in [2.75, 3.05) is 26.4 Å². The Balaban J connectivity index is 2.38. The number of hydrogen-bond acceptors (Lipinski definition) is 5. The lowest BCUT2D eigenvalue weighted by Gasteiger charge is -2.28. The molecule has 1 rings (SSSR count). The maximum absolute atomic E-state index is 11.7. The minimum atomic E-state index is -2.64. The molecule has 0 spiro atoms. The number of urea groups is 1. The number of benzene rings is 1. The monoisotopic (exact) mass is 353 g/mol. The minimum Gasteiger partial charge on any atom is -0.374 e. The molecule has 0 aliphatic rings. The molecule has 0 saturated heterocycles. The number of carbonyl (C=O) groups excluding carboxylic acids is 1. The lowest BCUT2D eigenvalue weighted by Crippen LogP contribution is -2.46. The molecule has 0 bridgehead atoms. The first-order valence-electron chi connectivity index (χ1n) is 8.32. The predicted molar refractivity (Wildman–Crippen MR) is 94.4 cm³/mol. The summed E-state index contributed by atoms with van der Waals surface area (Å²) in [7, 11) is -2.64. The zero-order valence-corrected chi connectivity index (χ0v) is 15.7. The Bertz CT molecular complexity index is 482. The van der Waals surface area contributed by atoms with Crippen LogP contribution in [0.25, 0.3) is 0 Å². The Kier molecular flexibility index (Phi) is 10.1. The second-order valence-corrected chi connectivity index (χ2v) is 7.59. The quantitative estimate of drug-likeness (QED) is 0.371. The van der Waals surface area contributed by atoms with E-state index in [4.69, 9.17) is 13.3 Å². The number of nitrogens with zero attached hydrogens (tertiary/aromatic N) is 2. The van der Waals surface area contributed by atoms with E-state index in [-0.39, 0.29) is 0 Å². The molecule has 2 amide bonds. The lowest BCUT2D eigenvalue weighted by atomic mass is 10.3. The van der Waals surface area contributed by atoms with Crippen molar-refractivity contribution in [3.8, 4) is 0 Å². The molecule has 1 aromatic carbocycles. The van der Waals surface area contributed by atoms with Gasteiger partial charge in [0.1, 0.15) is 0 Å². The summed E-state index contributed by atoms with van der Waals surface area (Å²) in [6.07, 6.45) is 0.693. The third-order valence-electron chi connectivity index (χ3n) is 3.04. The summed E-state index contributed by atoms with van der Waals surface area (Å²) in [6, 6.07) is 9.31. The highest BCUT2D eigenvalue weighted by Gasteiger charge is 2.39. The first kappa shape index (κ1) is 20.4. The van der Waals surface area contributed by atoms with Gasteiger partial charge in [-0.1, -0.05) is 23.3 Å². The number of amides is 2. The van der Waals surface area contributed by atoms with Gasteiger partial charge in [0.2, 0.25) is 0 Å². The first-order chi connectivity index (χ1) is 11.7. The molecule has 0 aliphatic heterocycles. The molecule has 0 fully saturated rings. The molecule has 0 aliphatic carbocycles. The third-order valence-corrected chi connectivity index (χ3v) is 6.19. The summed E-state index contributed by atoms with van der Waals surface area (Å²) in [6.45, 7) is 7.87. The van der Waals surface area contributed by atoms with Crippen molar-refractivity contribution >= 4 is 20.5 Å². The molecule has 8 heteroatoms. The predicted octanol–water partition coefficient (Wildman–Crippen LogP) is 3.92. The van der Waals surface area contributed by atoms with E-state index in [0.717, 1.165) is 0 Å². The average Bonchev–Trinajstić information content (AvgIpc) is 2.59. The topological polar surface area (TPSA) is 81.5 Å². The standard InChI is InChI=1S/C16H27N3O4Si/c1-4-21-24(22-5-2,23-6-3)14-10-13-17-16(20)19-18-15-11-8-7-9-12-15/h7-9,11-12H,4-6,10,13-14H2,1-3H3,(H,17,20)/b19-18+. The number of rotatable bonds is 11. The van der Waals surface area contributed by atoms with Crippen molar-refractivity contribution in [2.24, 2.45) is 10.2 Å². The molecular weight excluding hydrogens is 326 g/mol. The second-order valence-electron chi connectivity index (χ2n) is 4.85. The summed E-state index contributed by atoms with van der Waals surface area (Å²) < 4.78 is 17.3. The smallest absolute Gasteiger partial charge is 0.374 e. The van der Waals surface area contributed by atoms with Gasteiger partial charge in [-0.3, -0.25) is 0 Å². The molecule has 0 saturated carbocycles. The van der Waals surface area contributed by atoms with E-state index in [9.17, 15) is 4.79 Å². The fraction of sp³-hybridized carbons (Fsp3) is 0.562. The highest BCUT2D eigenvalue weighted by molar-refractivity contribution is 6.60. The molecule has 0 unspecified atom stereocenters. The van der Waals surface area contributed by atoms with E-state index in [1.165, 1.54) is 0 Å². The zero-order chi connectivity index (χ0) is 17.7. The van der Waals surface area contributed by atoms with E-state index >= 15 is 0 Å². The summed E-state index contributed by atoms with van der Waals surface area (Å²) in [5, 5.41) is 10.2. The summed E-state index contributed by atoms with van der Waals surface area (Å²) in [5.74, 6) is 0. The van der Waals surface area contributed by atoms with Gasteiger partial charge in [0.25, 0.3) is 0 Å². The molecule has 1 aromatic rings. The number of azo groups is 1. The fourth-order valence-corrected chi connectivity index (χ4v) is 4.75. The summed E-state index contributed by atoms with van der Waals surface area (Å²) in [4.78, 5) is 11.7. The molecule has 0 atom stereocenters. The molecular formula is C16H27N3O4Si. The van der Waals surface area contributed by atoms with Gasteiger partial charge in [0.15, 0.2) is 0 Å². The molecule has 24 heavy (non-hydrogen) atoms. The molecule has 0 aromatic heterocycles. The van der Waals surface area contributed by atoms with E-state index in [2.05, 4.69) is 15.5 Å². The SMILES string of the molecule is CCO[Si](CCCNC(=O)/N=N/c1ccccc1)(OCC)OCC. The van der Waals surface area contributed by atoms with Crippen LogP contribution >= 0.6 is 0 Å². The van der Waals surface area contributed by atoms with Crippen molar-refractivity contribution in [1.82, 2.24) is 5.32 Å². The van der Waals surface area contributed by atoms with Crippen LogP contribution in [0.3, 0.4) is 0 Å². The van der Waals surface area contributed by atoms with Gasteiger partial charge in [-0.05, 0) is 39.3 Å². The van der Waals surface area contributed by atoms with Crippen molar-refractivity contribution < 1.29 is 18.1 Å². The normalized spacial score (nSPS) is 11.8. The van der Waals surface area contributed by atoms with Gasteiger partial charge >= 0.3 is 14.8 Å². The van der Waals surface area contributed by atoms with Gasteiger partial charge in [0.05, 0.1) is 5.69 Å². The zero-order valence-electron chi connectivity index (χ0n) is 14.7. The second kappa shape index (κ2) is 11.9.